The number of nitrogens with one attached hydrogen (secondary N) is 2. The van der Waals surface area contributed by atoms with Crippen molar-refractivity contribution in [1.29, 1.82) is 0 Å². The zero-order valence-electron chi connectivity index (χ0n) is 12.7. The van der Waals surface area contributed by atoms with E-state index in [1.54, 1.807) is 4.57 Å². The molecule has 24 heavy (non-hydrogen) atoms. The zero-order chi connectivity index (χ0) is 16.7. The second-order valence-electron chi connectivity index (χ2n) is 5.69. The van der Waals surface area contributed by atoms with Crippen LogP contribution in [-0.4, -0.2) is 14.5 Å². The number of aromatic amines is 2. The van der Waals surface area contributed by atoms with Crippen LogP contribution in [0, 0.1) is 4.77 Å². The van der Waals surface area contributed by atoms with Gasteiger partial charge in [0.2, 0.25) is 0 Å². The average Bonchev–Trinajstić information content (AvgIpc) is 2.99. The molecule has 0 saturated carbocycles. The molecule has 0 unspecified atom stereocenters. The molecule has 0 radical (unpaired) electrons. The number of benzene rings is 2. The number of halogens is 1. The van der Waals surface area contributed by atoms with Gasteiger partial charge in [0, 0.05) is 28.1 Å². The Morgan fingerprint density at radius 3 is 2.79 bits per heavy atom. The number of rotatable bonds is 3. The van der Waals surface area contributed by atoms with E-state index in [0.29, 0.717) is 16.7 Å². The minimum absolute atomic E-state index is 0.0603. The Bertz CT molecular complexity index is 1170. The molecule has 2 aromatic heterocycles. The quantitative estimate of drug-likeness (QED) is 0.496. The van der Waals surface area contributed by atoms with Gasteiger partial charge in [-0.3, -0.25) is 9.36 Å². The molecular formula is C18H14BrN3OS. The maximum Gasteiger partial charge on any atom is 0.262 e. The fraction of sp³-hybridized carbons (Fsp3) is 0.111. The summed E-state index contributed by atoms with van der Waals surface area (Å²) in [6.45, 7) is 0.540. The first-order valence-corrected chi connectivity index (χ1v) is 8.81. The highest BCUT2D eigenvalue weighted by molar-refractivity contribution is 9.10. The third kappa shape index (κ3) is 2.61. The Morgan fingerprint density at radius 1 is 1.08 bits per heavy atom. The van der Waals surface area contributed by atoms with Crippen LogP contribution < -0.4 is 5.56 Å². The lowest BCUT2D eigenvalue weighted by molar-refractivity contribution is 0.654. The number of aryl methyl sites for hydroxylation is 1. The summed E-state index contributed by atoms with van der Waals surface area (Å²) in [4.78, 5) is 19.2. The van der Waals surface area contributed by atoms with Crippen molar-refractivity contribution >= 4 is 50.0 Å². The van der Waals surface area contributed by atoms with Gasteiger partial charge in [-0.2, -0.15) is 0 Å². The summed E-state index contributed by atoms with van der Waals surface area (Å²) < 4.78 is 2.96. The predicted molar refractivity (Wildman–Crippen MR) is 103 cm³/mol. The largest absolute Gasteiger partial charge is 0.361 e. The second kappa shape index (κ2) is 6.03. The SMILES string of the molecule is O=c1c2cc(Br)ccc2[nH]c(=S)n1CCc1c[nH]c2ccccc12. The van der Waals surface area contributed by atoms with Gasteiger partial charge in [-0.25, -0.2) is 0 Å². The molecule has 4 aromatic rings. The van der Waals surface area contributed by atoms with Gasteiger partial charge >= 0.3 is 0 Å². The lowest BCUT2D eigenvalue weighted by Crippen LogP contribution is -2.23. The van der Waals surface area contributed by atoms with Gasteiger partial charge in [0.15, 0.2) is 4.77 Å². The van der Waals surface area contributed by atoms with E-state index in [1.165, 1.54) is 10.9 Å². The van der Waals surface area contributed by atoms with Crippen LogP contribution in [0.25, 0.3) is 21.8 Å². The highest BCUT2D eigenvalue weighted by Gasteiger charge is 2.08. The maximum atomic E-state index is 12.8. The van der Waals surface area contributed by atoms with Crippen LogP contribution in [0.15, 0.2) is 57.9 Å². The van der Waals surface area contributed by atoms with E-state index in [9.17, 15) is 4.79 Å². The Labute approximate surface area is 151 Å². The van der Waals surface area contributed by atoms with Crippen molar-refractivity contribution in [2.24, 2.45) is 0 Å². The summed E-state index contributed by atoms with van der Waals surface area (Å²) >= 11 is 8.79. The third-order valence-electron chi connectivity index (χ3n) is 4.22. The molecule has 0 aliphatic heterocycles. The van der Waals surface area contributed by atoms with Crippen LogP contribution in [0.1, 0.15) is 5.56 Å². The van der Waals surface area contributed by atoms with Gasteiger partial charge in [0.25, 0.3) is 5.56 Å². The number of nitrogens with zero attached hydrogens (tertiary/aromatic N) is 1. The summed E-state index contributed by atoms with van der Waals surface area (Å²) in [7, 11) is 0. The van der Waals surface area contributed by atoms with Gasteiger partial charge in [0.1, 0.15) is 0 Å². The monoisotopic (exact) mass is 399 g/mol. The van der Waals surface area contributed by atoms with Crippen molar-refractivity contribution in [1.82, 2.24) is 14.5 Å². The van der Waals surface area contributed by atoms with E-state index < -0.39 is 0 Å². The maximum absolute atomic E-state index is 12.8. The highest BCUT2D eigenvalue weighted by Crippen LogP contribution is 2.19. The van der Waals surface area contributed by atoms with Crippen molar-refractivity contribution in [3.63, 3.8) is 0 Å². The first kappa shape index (κ1) is 15.4. The van der Waals surface area contributed by atoms with Gasteiger partial charge in [0.05, 0.1) is 10.9 Å². The summed E-state index contributed by atoms with van der Waals surface area (Å²) in [6, 6.07) is 13.7. The molecular weight excluding hydrogens is 386 g/mol. The standard InChI is InChI=1S/C18H14BrN3OS/c19-12-5-6-16-14(9-12)17(23)22(18(24)21-16)8-7-11-10-20-15-4-2-1-3-13(11)15/h1-6,9-10,20H,7-8H2,(H,21,24). The minimum atomic E-state index is -0.0603. The van der Waals surface area contributed by atoms with Crippen LogP contribution >= 0.6 is 28.1 Å². The fourth-order valence-electron chi connectivity index (χ4n) is 3.00. The summed E-state index contributed by atoms with van der Waals surface area (Å²) in [5, 5.41) is 1.82. The number of H-pyrrole nitrogens is 2. The second-order valence-corrected chi connectivity index (χ2v) is 6.99. The number of hydrogen-bond acceptors (Lipinski definition) is 2. The van der Waals surface area contributed by atoms with Crippen LogP contribution in [0.4, 0.5) is 0 Å². The molecule has 0 saturated heterocycles. The molecule has 4 rings (SSSR count). The Kier molecular flexibility index (Phi) is 3.86. The van der Waals surface area contributed by atoms with E-state index in [0.717, 1.165) is 21.9 Å². The molecule has 0 spiro atoms. The van der Waals surface area contributed by atoms with Crippen molar-refractivity contribution in [3.05, 3.63) is 73.8 Å². The van der Waals surface area contributed by atoms with E-state index >= 15 is 0 Å². The van der Waals surface area contributed by atoms with Gasteiger partial charge in [-0.15, -0.1) is 0 Å². The molecule has 0 atom stereocenters. The average molecular weight is 400 g/mol. The van der Waals surface area contributed by atoms with Crippen molar-refractivity contribution in [3.8, 4) is 0 Å². The Hall–Kier alpha value is -2.18. The number of hydrogen-bond donors (Lipinski definition) is 2. The molecule has 6 heteroatoms. The summed E-state index contributed by atoms with van der Waals surface area (Å²) in [5.74, 6) is 0. The van der Waals surface area contributed by atoms with Crippen LogP contribution in [0.2, 0.25) is 0 Å². The molecule has 0 amide bonds. The van der Waals surface area contributed by atoms with Crippen LogP contribution in [0.3, 0.4) is 0 Å². The lowest BCUT2D eigenvalue weighted by Gasteiger charge is -2.08. The summed E-state index contributed by atoms with van der Waals surface area (Å²) in [5.41, 5.74) is 2.99. The molecule has 120 valence electrons. The molecule has 2 aromatic carbocycles. The highest BCUT2D eigenvalue weighted by atomic mass is 79.9. The fourth-order valence-corrected chi connectivity index (χ4v) is 3.64. The first-order chi connectivity index (χ1) is 11.6. The first-order valence-electron chi connectivity index (χ1n) is 7.61. The minimum Gasteiger partial charge on any atom is -0.361 e. The van der Waals surface area contributed by atoms with E-state index in [1.807, 2.05) is 42.6 Å². The third-order valence-corrected chi connectivity index (χ3v) is 5.04. The van der Waals surface area contributed by atoms with E-state index in [2.05, 4.69) is 32.0 Å². The smallest absolute Gasteiger partial charge is 0.262 e. The Morgan fingerprint density at radius 2 is 1.92 bits per heavy atom. The number of aromatic nitrogens is 3. The predicted octanol–water partition coefficient (Wildman–Crippen LogP) is 4.55. The van der Waals surface area contributed by atoms with Crippen molar-refractivity contribution in [2.45, 2.75) is 13.0 Å². The van der Waals surface area contributed by atoms with Gasteiger partial charge in [-0.05, 0) is 48.5 Å². The number of para-hydroxylation sites is 1. The van der Waals surface area contributed by atoms with Gasteiger partial charge < -0.3 is 9.97 Å². The molecule has 0 fully saturated rings. The molecule has 4 nitrogen and oxygen atoms in total. The van der Waals surface area contributed by atoms with Crippen LogP contribution in [0.5, 0.6) is 0 Å². The molecule has 0 aliphatic carbocycles. The van der Waals surface area contributed by atoms with Crippen molar-refractivity contribution < 1.29 is 0 Å². The van der Waals surface area contributed by atoms with E-state index in [-0.39, 0.29) is 5.56 Å². The molecule has 0 bridgehead atoms. The molecule has 0 aliphatic rings. The molecule has 2 N–H and O–H groups in total. The summed E-state index contributed by atoms with van der Waals surface area (Å²) in [6.07, 6.45) is 2.74. The zero-order valence-corrected chi connectivity index (χ0v) is 15.1. The Balaban J connectivity index is 1.74. The van der Waals surface area contributed by atoms with Gasteiger partial charge in [-0.1, -0.05) is 34.1 Å². The topological polar surface area (TPSA) is 53.6 Å². The molecule has 2 heterocycles. The van der Waals surface area contributed by atoms with Crippen molar-refractivity contribution in [2.75, 3.05) is 0 Å². The number of fused-ring (bicyclic) bond motifs is 2. The van der Waals surface area contributed by atoms with E-state index in [4.69, 9.17) is 12.2 Å². The normalized spacial score (nSPS) is 11.4. The lowest BCUT2D eigenvalue weighted by atomic mass is 10.1. The van der Waals surface area contributed by atoms with Crippen LogP contribution in [-0.2, 0) is 13.0 Å².